The zero-order valence-electron chi connectivity index (χ0n) is 8.60. The van der Waals surface area contributed by atoms with Crippen LogP contribution in [0, 0.1) is 6.92 Å². The van der Waals surface area contributed by atoms with E-state index in [4.69, 9.17) is 34.8 Å². The molecular formula is C13H9Cl3. The van der Waals surface area contributed by atoms with Crippen molar-refractivity contribution in [3.63, 3.8) is 0 Å². The van der Waals surface area contributed by atoms with E-state index >= 15 is 0 Å². The van der Waals surface area contributed by atoms with Gasteiger partial charge in [0, 0.05) is 20.6 Å². The molecule has 2 aromatic carbocycles. The average Bonchev–Trinajstić information content (AvgIpc) is 2.15. The molecule has 0 saturated carbocycles. The Morgan fingerprint density at radius 2 is 1.50 bits per heavy atom. The lowest BCUT2D eigenvalue weighted by Crippen LogP contribution is -1.85. The van der Waals surface area contributed by atoms with Crippen LogP contribution in [-0.2, 0) is 0 Å². The molecule has 0 bridgehead atoms. The molecule has 3 heteroatoms. The minimum absolute atomic E-state index is 0.613. The zero-order valence-corrected chi connectivity index (χ0v) is 10.9. The maximum absolute atomic E-state index is 6.18. The third-order valence-electron chi connectivity index (χ3n) is 2.37. The number of rotatable bonds is 1. The van der Waals surface area contributed by atoms with E-state index in [1.54, 1.807) is 6.07 Å². The van der Waals surface area contributed by atoms with Crippen LogP contribution in [-0.4, -0.2) is 0 Å². The molecule has 0 heterocycles. The highest BCUT2D eigenvalue weighted by Crippen LogP contribution is 2.34. The molecule has 0 radical (unpaired) electrons. The predicted octanol–water partition coefficient (Wildman–Crippen LogP) is 5.62. The molecular weight excluding hydrogens is 263 g/mol. The van der Waals surface area contributed by atoms with Crippen molar-refractivity contribution in [2.45, 2.75) is 6.92 Å². The zero-order chi connectivity index (χ0) is 11.7. The summed E-state index contributed by atoms with van der Waals surface area (Å²) in [4.78, 5) is 0. The molecule has 0 N–H and O–H groups in total. The summed E-state index contributed by atoms with van der Waals surface area (Å²) in [5, 5.41) is 1.93. The van der Waals surface area contributed by atoms with Gasteiger partial charge >= 0.3 is 0 Å². The summed E-state index contributed by atoms with van der Waals surface area (Å²) >= 11 is 18.1. The number of halogens is 3. The SMILES string of the molecule is Cc1cccc(Cl)c1-c1cc(Cl)cc(Cl)c1. The maximum Gasteiger partial charge on any atom is 0.0487 e. The molecule has 16 heavy (non-hydrogen) atoms. The Kier molecular flexibility index (Phi) is 3.44. The second-order valence-corrected chi connectivity index (χ2v) is 4.87. The van der Waals surface area contributed by atoms with E-state index in [0.717, 1.165) is 16.7 Å². The van der Waals surface area contributed by atoms with Crippen molar-refractivity contribution >= 4 is 34.8 Å². The fraction of sp³-hybridized carbons (Fsp3) is 0.0769. The topological polar surface area (TPSA) is 0 Å². The largest absolute Gasteiger partial charge is 0.0843 e. The molecule has 0 aliphatic rings. The van der Waals surface area contributed by atoms with Crippen LogP contribution >= 0.6 is 34.8 Å². The van der Waals surface area contributed by atoms with Crippen molar-refractivity contribution in [2.75, 3.05) is 0 Å². The number of hydrogen-bond donors (Lipinski definition) is 0. The van der Waals surface area contributed by atoms with Crippen LogP contribution in [0.15, 0.2) is 36.4 Å². The number of hydrogen-bond acceptors (Lipinski definition) is 0. The first kappa shape index (κ1) is 11.8. The van der Waals surface area contributed by atoms with Gasteiger partial charge in [-0.15, -0.1) is 0 Å². The van der Waals surface area contributed by atoms with E-state index in [0.29, 0.717) is 15.1 Å². The summed E-state index contributed by atoms with van der Waals surface area (Å²) in [6.45, 7) is 2.01. The highest BCUT2D eigenvalue weighted by molar-refractivity contribution is 6.36. The molecule has 82 valence electrons. The van der Waals surface area contributed by atoms with Crippen LogP contribution in [0.3, 0.4) is 0 Å². The lowest BCUT2D eigenvalue weighted by Gasteiger charge is -2.09. The smallest absolute Gasteiger partial charge is 0.0487 e. The summed E-state index contributed by atoms with van der Waals surface area (Å²) in [5.74, 6) is 0. The van der Waals surface area contributed by atoms with Gasteiger partial charge in [0.25, 0.3) is 0 Å². The Morgan fingerprint density at radius 3 is 2.06 bits per heavy atom. The molecule has 0 fully saturated rings. The van der Waals surface area contributed by atoms with Gasteiger partial charge in [-0.1, -0.05) is 46.9 Å². The molecule has 0 spiro atoms. The van der Waals surface area contributed by atoms with Gasteiger partial charge in [0.1, 0.15) is 0 Å². The number of benzene rings is 2. The molecule has 0 atom stereocenters. The highest BCUT2D eigenvalue weighted by atomic mass is 35.5. The molecule has 0 unspecified atom stereocenters. The monoisotopic (exact) mass is 270 g/mol. The minimum atomic E-state index is 0.613. The maximum atomic E-state index is 6.18. The van der Waals surface area contributed by atoms with Gasteiger partial charge in [0.05, 0.1) is 0 Å². The van der Waals surface area contributed by atoms with E-state index in [2.05, 4.69) is 0 Å². The summed E-state index contributed by atoms with van der Waals surface area (Å²) < 4.78 is 0. The van der Waals surface area contributed by atoms with E-state index in [-0.39, 0.29) is 0 Å². The molecule has 0 nitrogen and oxygen atoms in total. The Bertz CT molecular complexity index is 492. The van der Waals surface area contributed by atoms with Crippen molar-refractivity contribution in [1.29, 1.82) is 0 Å². The summed E-state index contributed by atoms with van der Waals surface area (Å²) in [6.07, 6.45) is 0. The van der Waals surface area contributed by atoms with Gasteiger partial charge in [-0.3, -0.25) is 0 Å². The normalized spacial score (nSPS) is 10.5. The highest BCUT2D eigenvalue weighted by Gasteiger charge is 2.08. The Balaban J connectivity index is 2.67. The average molecular weight is 272 g/mol. The predicted molar refractivity (Wildman–Crippen MR) is 71.6 cm³/mol. The first-order valence-corrected chi connectivity index (χ1v) is 5.93. The van der Waals surface area contributed by atoms with Crippen LogP contribution in [0.1, 0.15) is 5.56 Å². The molecule has 0 saturated heterocycles. The molecule has 2 aromatic rings. The first-order chi connectivity index (χ1) is 7.58. The van der Waals surface area contributed by atoms with Gasteiger partial charge in [-0.2, -0.15) is 0 Å². The van der Waals surface area contributed by atoms with Crippen molar-refractivity contribution in [3.8, 4) is 11.1 Å². The minimum Gasteiger partial charge on any atom is -0.0843 e. The number of aryl methyl sites for hydroxylation is 1. The summed E-state index contributed by atoms with van der Waals surface area (Å²) in [6, 6.07) is 11.2. The van der Waals surface area contributed by atoms with Crippen molar-refractivity contribution in [2.24, 2.45) is 0 Å². The van der Waals surface area contributed by atoms with Gasteiger partial charge in [-0.25, -0.2) is 0 Å². The Morgan fingerprint density at radius 1 is 0.875 bits per heavy atom. The summed E-state index contributed by atoms with van der Waals surface area (Å²) in [5.41, 5.74) is 3.03. The van der Waals surface area contributed by atoms with Crippen molar-refractivity contribution < 1.29 is 0 Å². The standard InChI is InChI=1S/C13H9Cl3/c1-8-3-2-4-12(16)13(8)9-5-10(14)7-11(15)6-9/h2-7H,1H3. The summed E-state index contributed by atoms with van der Waals surface area (Å²) in [7, 11) is 0. The van der Waals surface area contributed by atoms with Gasteiger partial charge in [-0.05, 0) is 42.3 Å². The van der Waals surface area contributed by atoms with E-state index < -0.39 is 0 Å². The second kappa shape index (κ2) is 4.67. The molecule has 0 aromatic heterocycles. The van der Waals surface area contributed by atoms with Crippen LogP contribution in [0.2, 0.25) is 15.1 Å². The quantitative estimate of drug-likeness (QED) is 0.631. The van der Waals surface area contributed by atoms with Gasteiger partial charge in [0.15, 0.2) is 0 Å². The third kappa shape index (κ3) is 2.35. The van der Waals surface area contributed by atoms with Gasteiger partial charge in [0.2, 0.25) is 0 Å². The second-order valence-electron chi connectivity index (χ2n) is 3.59. The third-order valence-corrected chi connectivity index (χ3v) is 3.12. The van der Waals surface area contributed by atoms with Gasteiger partial charge < -0.3 is 0 Å². The van der Waals surface area contributed by atoms with Crippen LogP contribution in [0.25, 0.3) is 11.1 Å². The van der Waals surface area contributed by atoms with Crippen molar-refractivity contribution in [3.05, 3.63) is 57.0 Å². The Hall–Kier alpha value is -0.690. The van der Waals surface area contributed by atoms with Crippen LogP contribution in [0.5, 0.6) is 0 Å². The van der Waals surface area contributed by atoms with E-state index in [1.165, 1.54) is 0 Å². The molecule has 0 aliphatic carbocycles. The fourth-order valence-corrected chi connectivity index (χ4v) is 2.55. The van der Waals surface area contributed by atoms with Crippen LogP contribution < -0.4 is 0 Å². The molecule has 0 amide bonds. The lowest BCUT2D eigenvalue weighted by molar-refractivity contribution is 1.46. The Labute approximate surface area is 110 Å². The van der Waals surface area contributed by atoms with E-state index in [1.807, 2.05) is 37.3 Å². The van der Waals surface area contributed by atoms with E-state index in [9.17, 15) is 0 Å². The van der Waals surface area contributed by atoms with Crippen LogP contribution in [0.4, 0.5) is 0 Å². The molecule has 2 rings (SSSR count). The fourth-order valence-electron chi connectivity index (χ4n) is 1.70. The molecule has 0 aliphatic heterocycles. The van der Waals surface area contributed by atoms with Crippen molar-refractivity contribution in [1.82, 2.24) is 0 Å². The lowest BCUT2D eigenvalue weighted by atomic mass is 10.0. The first-order valence-electron chi connectivity index (χ1n) is 4.79.